The molecule has 1 rings (SSSR count). The Morgan fingerprint density at radius 2 is 2.00 bits per heavy atom. The van der Waals surface area contributed by atoms with Gasteiger partial charge in [-0.3, -0.25) is 14.8 Å². The molecule has 0 aliphatic rings. The summed E-state index contributed by atoms with van der Waals surface area (Å²) in [6, 6.07) is 7.75. The van der Waals surface area contributed by atoms with Crippen molar-refractivity contribution in [3.8, 4) is 0 Å². The maximum atomic E-state index is 11.9. The molecular formula is C18H24N2O3. The van der Waals surface area contributed by atoms with Gasteiger partial charge < -0.3 is 5.32 Å². The molecule has 1 aromatic carbocycles. The van der Waals surface area contributed by atoms with Gasteiger partial charge in [0.25, 0.3) is 5.91 Å². The van der Waals surface area contributed by atoms with Crippen LogP contribution >= 0.6 is 0 Å². The molecule has 3 N–H and O–H groups in total. The molecule has 0 spiro atoms. The van der Waals surface area contributed by atoms with Crippen molar-refractivity contribution in [3.05, 3.63) is 59.7 Å². The molecule has 0 saturated heterocycles. The van der Waals surface area contributed by atoms with E-state index in [-0.39, 0.29) is 0 Å². The number of aryl methyl sites for hydroxylation is 1. The summed E-state index contributed by atoms with van der Waals surface area (Å²) < 4.78 is 0. The Morgan fingerprint density at radius 1 is 1.30 bits per heavy atom. The molecule has 1 unspecified atom stereocenters. The highest BCUT2D eigenvalue weighted by atomic mass is 16.5. The van der Waals surface area contributed by atoms with E-state index in [1.54, 1.807) is 17.6 Å². The topological polar surface area (TPSA) is 78.4 Å². The van der Waals surface area contributed by atoms with Crippen LogP contribution in [0.3, 0.4) is 0 Å². The van der Waals surface area contributed by atoms with Gasteiger partial charge >= 0.3 is 0 Å². The number of benzene rings is 1. The van der Waals surface area contributed by atoms with Crippen LogP contribution < -0.4 is 10.8 Å². The Labute approximate surface area is 137 Å². The Balaban J connectivity index is 2.77. The van der Waals surface area contributed by atoms with Crippen LogP contribution in [-0.4, -0.2) is 24.1 Å². The molecule has 0 radical (unpaired) electrons. The standard InChI is InChI=1S/C18H24N2O3/c1-3-15(4-2)17(18(22)20-23)16-10-8-14(9-11-16)7-5-6-12-19-13-21/h3-4,8-11,13,17,23H,1,5-7,12H2,2H3,(H,19,21)(H,20,22)/b15-4+. The molecule has 0 heterocycles. The summed E-state index contributed by atoms with van der Waals surface area (Å²) in [5, 5.41) is 11.6. The lowest BCUT2D eigenvalue weighted by Gasteiger charge is -2.17. The van der Waals surface area contributed by atoms with Gasteiger partial charge in [-0.15, -0.1) is 0 Å². The highest BCUT2D eigenvalue weighted by molar-refractivity contribution is 5.86. The van der Waals surface area contributed by atoms with Crippen LogP contribution in [0.25, 0.3) is 0 Å². The van der Waals surface area contributed by atoms with Crippen LogP contribution in [0.4, 0.5) is 0 Å². The Morgan fingerprint density at radius 3 is 2.52 bits per heavy atom. The van der Waals surface area contributed by atoms with Crippen molar-refractivity contribution in [1.29, 1.82) is 0 Å². The number of hydroxylamine groups is 1. The van der Waals surface area contributed by atoms with E-state index >= 15 is 0 Å². The Kier molecular flexibility index (Phi) is 8.39. The van der Waals surface area contributed by atoms with E-state index in [0.717, 1.165) is 30.4 Å². The lowest BCUT2D eigenvalue weighted by Crippen LogP contribution is -2.27. The van der Waals surface area contributed by atoms with Crippen molar-refractivity contribution in [2.24, 2.45) is 0 Å². The molecule has 124 valence electrons. The molecule has 0 bridgehead atoms. The molecular weight excluding hydrogens is 292 g/mol. The summed E-state index contributed by atoms with van der Waals surface area (Å²) in [5.74, 6) is -1.06. The zero-order valence-corrected chi connectivity index (χ0v) is 13.4. The van der Waals surface area contributed by atoms with Gasteiger partial charge in [-0.1, -0.05) is 43.0 Å². The van der Waals surface area contributed by atoms with Crippen LogP contribution in [0.15, 0.2) is 48.6 Å². The summed E-state index contributed by atoms with van der Waals surface area (Å²) in [6.45, 7) is 6.23. The lowest BCUT2D eigenvalue weighted by molar-refractivity contribution is -0.129. The quantitative estimate of drug-likeness (QED) is 0.204. The predicted octanol–water partition coefficient (Wildman–Crippen LogP) is 2.48. The lowest BCUT2D eigenvalue weighted by atomic mass is 9.89. The minimum absolute atomic E-state index is 0.481. The molecule has 0 aliphatic carbocycles. The second-order valence-electron chi connectivity index (χ2n) is 5.17. The average molecular weight is 316 g/mol. The van der Waals surface area contributed by atoms with Crippen LogP contribution in [0.2, 0.25) is 0 Å². The van der Waals surface area contributed by atoms with Gasteiger partial charge in [0.2, 0.25) is 6.41 Å². The van der Waals surface area contributed by atoms with E-state index in [4.69, 9.17) is 5.21 Å². The van der Waals surface area contributed by atoms with Gasteiger partial charge in [0.1, 0.15) is 0 Å². The van der Waals surface area contributed by atoms with Crippen molar-refractivity contribution in [2.45, 2.75) is 32.1 Å². The first-order valence-corrected chi connectivity index (χ1v) is 7.66. The second kappa shape index (κ2) is 10.3. The first-order chi connectivity index (χ1) is 11.2. The largest absolute Gasteiger partial charge is 0.359 e. The first kappa shape index (κ1) is 18.6. The van der Waals surface area contributed by atoms with Crippen molar-refractivity contribution < 1.29 is 14.8 Å². The highest BCUT2D eigenvalue weighted by Crippen LogP contribution is 2.26. The van der Waals surface area contributed by atoms with Crippen LogP contribution in [-0.2, 0) is 16.0 Å². The van der Waals surface area contributed by atoms with Crippen LogP contribution in [0.5, 0.6) is 0 Å². The summed E-state index contributed by atoms with van der Waals surface area (Å²) in [7, 11) is 0. The summed E-state index contributed by atoms with van der Waals surface area (Å²) >= 11 is 0. The third-order valence-corrected chi connectivity index (χ3v) is 3.71. The highest BCUT2D eigenvalue weighted by Gasteiger charge is 2.22. The fourth-order valence-electron chi connectivity index (χ4n) is 2.45. The van der Waals surface area contributed by atoms with E-state index in [1.165, 1.54) is 5.56 Å². The number of unbranched alkanes of at least 4 members (excludes halogenated alkanes) is 1. The SMILES string of the molecule is C=C/C(=C\C)C(C(=O)NO)c1ccc(CCCCNC=O)cc1. The monoisotopic (exact) mass is 316 g/mol. The zero-order valence-electron chi connectivity index (χ0n) is 13.4. The molecule has 1 aromatic rings. The fourth-order valence-corrected chi connectivity index (χ4v) is 2.45. The maximum Gasteiger partial charge on any atom is 0.255 e. The molecule has 2 amide bonds. The van der Waals surface area contributed by atoms with E-state index in [1.807, 2.05) is 31.2 Å². The molecule has 0 saturated carbocycles. The van der Waals surface area contributed by atoms with Gasteiger partial charge in [-0.25, -0.2) is 5.48 Å². The number of amides is 2. The summed E-state index contributed by atoms with van der Waals surface area (Å²) in [4.78, 5) is 22.1. The number of carbonyl (C=O) groups is 2. The van der Waals surface area contributed by atoms with Gasteiger partial charge in [0, 0.05) is 6.54 Å². The van der Waals surface area contributed by atoms with E-state index in [2.05, 4.69) is 11.9 Å². The van der Waals surface area contributed by atoms with E-state index in [9.17, 15) is 9.59 Å². The van der Waals surface area contributed by atoms with Crippen molar-refractivity contribution >= 4 is 12.3 Å². The smallest absolute Gasteiger partial charge is 0.255 e. The number of carbonyl (C=O) groups excluding carboxylic acids is 2. The third-order valence-electron chi connectivity index (χ3n) is 3.71. The van der Waals surface area contributed by atoms with E-state index in [0.29, 0.717) is 13.0 Å². The number of nitrogens with one attached hydrogen (secondary N) is 2. The molecule has 1 atom stereocenters. The van der Waals surface area contributed by atoms with Gasteiger partial charge in [-0.05, 0) is 42.9 Å². The van der Waals surface area contributed by atoms with Crippen molar-refractivity contribution in [1.82, 2.24) is 10.8 Å². The first-order valence-electron chi connectivity index (χ1n) is 7.66. The molecule has 0 aliphatic heterocycles. The minimum atomic E-state index is -0.576. The molecule has 5 nitrogen and oxygen atoms in total. The summed E-state index contributed by atoms with van der Waals surface area (Å²) in [6.07, 6.45) is 6.95. The minimum Gasteiger partial charge on any atom is -0.359 e. The molecule has 0 aromatic heterocycles. The molecule has 23 heavy (non-hydrogen) atoms. The van der Waals surface area contributed by atoms with Gasteiger partial charge in [0.05, 0.1) is 5.92 Å². The Hall–Kier alpha value is -2.40. The zero-order chi connectivity index (χ0) is 17.1. The number of hydrogen-bond donors (Lipinski definition) is 3. The Bertz CT molecular complexity index is 550. The van der Waals surface area contributed by atoms with Crippen molar-refractivity contribution in [2.75, 3.05) is 6.54 Å². The maximum absolute atomic E-state index is 11.9. The number of allylic oxidation sites excluding steroid dienone is 2. The number of rotatable bonds is 10. The van der Waals surface area contributed by atoms with E-state index < -0.39 is 11.8 Å². The van der Waals surface area contributed by atoms with Gasteiger partial charge in [0.15, 0.2) is 0 Å². The van der Waals surface area contributed by atoms with Crippen LogP contribution in [0, 0.1) is 0 Å². The van der Waals surface area contributed by atoms with Crippen LogP contribution in [0.1, 0.15) is 36.8 Å². The second-order valence-corrected chi connectivity index (χ2v) is 5.17. The van der Waals surface area contributed by atoms with Crippen molar-refractivity contribution in [3.63, 3.8) is 0 Å². The van der Waals surface area contributed by atoms with Gasteiger partial charge in [-0.2, -0.15) is 0 Å². The number of hydrogen-bond acceptors (Lipinski definition) is 3. The predicted molar refractivity (Wildman–Crippen MR) is 90.1 cm³/mol. The summed E-state index contributed by atoms with van der Waals surface area (Å²) in [5.41, 5.74) is 4.43. The molecule has 0 fully saturated rings. The fraction of sp³-hybridized carbons (Fsp3) is 0.333. The normalized spacial score (nSPS) is 12.3. The molecule has 5 heteroatoms. The third kappa shape index (κ3) is 5.71. The average Bonchev–Trinajstić information content (AvgIpc) is 2.59.